The third kappa shape index (κ3) is 2.35. The first-order chi connectivity index (χ1) is 8.17. The summed E-state index contributed by atoms with van der Waals surface area (Å²) in [5, 5.41) is 0.612. The summed E-state index contributed by atoms with van der Waals surface area (Å²) in [5.41, 5.74) is 1.55. The summed E-state index contributed by atoms with van der Waals surface area (Å²) < 4.78 is 7.20. The zero-order chi connectivity index (χ0) is 12.4. The van der Waals surface area contributed by atoms with Crippen molar-refractivity contribution in [2.24, 2.45) is 0 Å². The summed E-state index contributed by atoms with van der Waals surface area (Å²) >= 11 is 6.61. The molecule has 0 bridgehead atoms. The lowest BCUT2D eigenvalue weighted by Gasteiger charge is -2.02. The summed E-state index contributed by atoms with van der Waals surface area (Å²) in [4.78, 5) is 20.1. The maximum Gasteiger partial charge on any atom is 0.374 e. The Bertz CT molecular complexity index is 568. The van der Waals surface area contributed by atoms with E-state index in [1.165, 1.54) is 0 Å². The van der Waals surface area contributed by atoms with Crippen LogP contribution in [0.25, 0.3) is 5.52 Å². The average molecular weight is 363 g/mol. The fourth-order valence-corrected chi connectivity index (χ4v) is 2.15. The molecule has 0 fully saturated rings. The fraction of sp³-hybridized carbons (Fsp3) is 0.300. The number of hydrogen-bond donors (Lipinski definition) is 0. The van der Waals surface area contributed by atoms with E-state index >= 15 is 0 Å². The number of rotatable bonds is 3. The van der Waals surface area contributed by atoms with Gasteiger partial charge in [-0.15, -0.1) is 0 Å². The largest absolute Gasteiger partial charge is 0.460 e. The lowest BCUT2D eigenvalue weighted by atomic mass is 10.4. The van der Waals surface area contributed by atoms with E-state index in [2.05, 4.69) is 41.8 Å². The Morgan fingerprint density at radius 3 is 3.00 bits per heavy atom. The molecule has 0 radical (unpaired) electrons. The number of aromatic nitrogens is 3. The molecule has 0 spiro atoms. The number of carbonyl (C=O) groups is 1. The van der Waals surface area contributed by atoms with Gasteiger partial charge in [0.1, 0.15) is 4.60 Å². The molecule has 0 N–H and O–H groups in total. The van der Waals surface area contributed by atoms with E-state index in [1.807, 2.05) is 0 Å². The summed E-state index contributed by atoms with van der Waals surface area (Å²) in [6, 6.07) is 0. The smallest absolute Gasteiger partial charge is 0.374 e. The Morgan fingerprint density at radius 1 is 1.59 bits per heavy atom. The van der Waals surface area contributed by atoms with Crippen LogP contribution in [0.2, 0.25) is 0 Å². The summed E-state index contributed by atoms with van der Waals surface area (Å²) in [6.45, 7) is 2.08. The number of carbonyl (C=O) groups excluding carboxylic acids is 1. The van der Waals surface area contributed by atoms with Crippen LogP contribution >= 0.6 is 31.9 Å². The van der Waals surface area contributed by atoms with Gasteiger partial charge < -0.3 is 4.74 Å². The van der Waals surface area contributed by atoms with E-state index in [0.29, 0.717) is 16.5 Å². The molecule has 5 nitrogen and oxygen atoms in total. The minimum absolute atomic E-state index is 0.248. The Morgan fingerprint density at radius 2 is 2.35 bits per heavy atom. The van der Waals surface area contributed by atoms with Gasteiger partial charge in [-0.25, -0.2) is 9.78 Å². The van der Waals surface area contributed by atoms with Crippen molar-refractivity contribution in [1.82, 2.24) is 14.4 Å². The van der Waals surface area contributed by atoms with E-state index in [0.717, 1.165) is 11.2 Å². The van der Waals surface area contributed by atoms with Crippen molar-refractivity contribution >= 4 is 43.3 Å². The lowest BCUT2D eigenvalue weighted by molar-refractivity contribution is 0.0511. The molecule has 2 rings (SSSR count). The monoisotopic (exact) mass is 361 g/mol. The first-order valence-electron chi connectivity index (χ1n) is 4.93. The Kier molecular flexibility index (Phi) is 3.78. The van der Waals surface area contributed by atoms with Gasteiger partial charge in [-0.3, -0.25) is 9.38 Å². The number of alkyl halides is 1. The first kappa shape index (κ1) is 12.5. The highest BCUT2D eigenvalue weighted by molar-refractivity contribution is 9.10. The molecule has 0 saturated carbocycles. The van der Waals surface area contributed by atoms with Crippen molar-refractivity contribution in [3.05, 3.63) is 28.5 Å². The number of esters is 1. The van der Waals surface area contributed by atoms with Gasteiger partial charge in [0, 0.05) is 11.5 Å². The molecule has 0 aliphatic rings. The number of imidazole rings is 1. The van der Waals surface area contributed by atoms with Gasteiger partial charge >= 0.3 is 5.97 Å². The highest BCUT2D eigenvalue weighted by Gasteiger charge is 2.17. The molecule has 90 valence electrons. The molecule has 0 aliphatic heterocycles. The number of ether oxygens (including phenoxy) is 1. The van der Waals surface area contributed by atoms with Crippen LogP contribution in [-0.2, 0) is 10.1 Å². The predicted molar refractivity (Wildman–Crippen MR) is 69.3 cm³/mol. The van der Waals surface area contributed by atoms with Crippen LogP contribution in [0.15, 0.2) is 17.0 Å². The van der Waals surface area contributed by atoms with Gasteiger partial charge in [-0.05, 0) is 22.9 Å². The number of nitrogens with zero attached hydrogens (tertiary/aromatic N) is 3. The number of hydrogen-bond acceptors (Lipinski definition) is 4. The molecule has 2 heterocycles. The molecule has 0 aromatic carbocycles. The SMILES string of the molecule is CCOC(=O)c1nc(Br)c2cnc(CBr)cn12. The van der Waals surface area contributed by atoms with Crippen LogP contribution in [-0.4, -0.2) is 26.9 Å². The molecular weight excluding hydrogens is 354 g/mol. The molecule has 0 unspecified atom stereocenters. The molecule has 0 saturated heterocycles. The number of halogens is 2. The van der Waals surface area contributed by atoms with Crippen LogP contribution in [0.5, 0.6) is 0 Å². The quantitative estimate of drug-likeness (QED) is 0.622. The number of fused-ring (bicyclic) bond motifs is 1. The first-order valence-corrected chi connectivity index (χ1v) is 6.84. The highest BCUT2D eigenvalue weighted by atomic mass is 79.9. The maximum absolute atomic E-state index is 11.7. The second-order valence-electron chi connectivity index (χ2n) is 3.21. The van der Waals surface area contributed by atoms with E-state index in [4.69, 9.17) is 4.74 Å². The van der Waals surface area contributed by atoms with Crippen LogP contribution in [0.4, 0.5) is 0 Å². The third-order valence-electron chi connectivity index (χ3n) is 2.13. The minimum Gasteiger partial charge on any atom is -0.460 e. The lowest BCUT2D eigenvalue weighted by Crippen LogP contribution is -2.10. The van der Waals surface area contributed by atoms with Gasteiger partial charge in [0.2, 0.25) is 5.82 Å². The van der Waals surface area contributed by atoms with Crippen molar-refractivity contribution in [3.8, 4) is 0 Å². The van der Waals surface area contributed by atoms with E-state index in [9.17, 15) is 4.79 Å². The zero-order valence-corrected chi connectivity index (χ0v) is 12.2. The van der Waals surface area contributed by atoms with Crippen LogP contribution in [0.3, 0.4) is 0 Å². The highest BCUT2D eigenvalue weighted by Crippen LogP contribution is 2.19. The molecule has 17 heavy (non-hydrogen) atoms. The Labute approximate surface area is 114 Å². The summed E-state index contributed by atoms with van der Waals surface area (Å²) in [5.74, 6) is -0.196. The normalized spacial score (nSPS) is 10.8. The van der Waals surface area contributed by atoms with Gasteiger partial charge in [0.25, 0.3) is 0 Å². The summed E-state index contributed by atoms with van der Waals surface area (Å²) in [6.07, 6.45) is 3.42. The van der Waals surface area contributed by atoms with Gasteiger partial charge in [0.15, 0.2) is 0 Å². The van der Waals surface area contributed by atoms with Crippen LogP contribution in [0, 0.1) is 0 Å². The molecule has 0 atom stereocenters. The van der Waals surface area contributed by atoms with Crippen LogP contribution < -0.4 is 0 Å². The molecule has 2 aromatic rings. The minimum atomic E-state index is -0.445. The van der Waals surface area contributed by atoms with Crippen molar-refractivity contribution in [1.29, 1.82) is 0 Å². The molecule has 0 amide bonds. The van der Waals surface area contributed by atoms with E-state index < -0.39 is 5.97 Å². The maximum atomic E-state index is 11.7. The predicted octanol–water partition coefficient (Wildman–Crippen LogP) is 2.56. The van der Waals surface area contributed by atoms with Crippen molar-refractivity contribution in [2.75, 3.05) is 6.61 Å². The van der Waals surface area contributed by atoms with Crippen LogP contribution in [0.1, 0.15) is 23.2 Å². The van der Waals surface area contributed by atoms with Crippen molar-refractivity contribution in [3.63, 3.8) is 0 Å². The van der Waals surface area contributed by atoms with Gasteiger partial charge in [0.05, 0.1) is 24.0 Å². The molecule has 7 heteroatoms. The topological polar surface area (TPSA) is 56.5 Å². The van der Waals surface area contributed by atoms with Gasteiger partial charge in [-0.2, -0.15) is 0 Å². The average Bonchev–Trinajstić information content (AvgIpc) is 2.66. The second kappa shape index (κ2) is 5.14. The Hall–Kier alpha value is -0.950. The van der Waals surface area contributed by atoms with Crippen molar-refractivity contribution in [2.45, 2.75) is 12.3 Å². The van der Waals surface area contributed by atoms with Gasteiger partial charge in [-0.1, -0.05) is 15.9 Å². The molecular formula is C10H9Br2N3O2. The Balaban J connectivity index is 2.58. The standard InChI is InChI=1S/C10H9Br2N3O2/c1-2-17-10(16)9-14-8(12)7-4-13-6(3-11)5-15(7)9/h4-5H,2-3H2,1H3. The van der Waals surface area contributed by atoms with Crippen molar-refractivity contribution < 1.29 is 9.53 Å². The van der Waals surface area contributed by atoms with E-state index in [1.54, 1.807) is 23.7 Å². The van der Waals surface area contributed by atoms with E-state index in [-0.39, 0.29) is 5.82 Å². The molecule has 2 aromatic heterocycles. The third-order valence-corrected chi connectivity index (χ3v) is 3.29. The molecule has 0 aliphatic carbocycles. The second-order valence-corrected chi connectivity index (χ2v) is 4.53. The zero-order valence-electron chi connectivity index (χ0n) is 8.98. The summed E-state index contributed by atoms with van der Waals surface area (Å²) in [7, 11) is 0. The fourth-order valence-electron chi connectivity index (χ4n) is 1.40.